The van der Waals surface area contributed by atoms with Gasteiger partial charge in [-0.15, -0.1) is 0 Å². The van der Waals surface area contributed by atoms with Gasteiger partial charge in [0.2, 0.25) is 0 Å². The molecular formula is C13H20N2O3. The average molecular weight is 252 g/mol. The van der Waals surface area contributed by atoms with Crippen molar-refractivity contribution in [3.8, 4) is 0 Å². The van der Waals surface area contributed by atoms with E-state index in [1.807, 2.05) is 0 Å². The monoisotopic (exact) mass is 252 g/mol. The Balaban J connectivity index is 2.84. The second-order valence-corrected chi connectivity index (χ2v) is 4.46. The maximum Gasteiger partial charge on any atom is 0.356 e. The fourth-order valence-corrected chi connectivity index (χ4v) is 1.86. The Morgan fingerprint density at radius 1 is 1.44 bits per heavy atom. The minimum absolute atomic E-state index is 0.0834. The van der Waals surface area contributed by atoms with Crippen LogP contribution < -0.4 is 5.56 Å². The van der Waals surface area contributed by atoms with Crippen LogP contribution in [0, 0.1) is 5.92 Å². The minimum atomic E-state index is -1.11. The quantitative estimate of drug-likeness (QED) is 0.807. The molecule has 0 bridgehead atoms. The zero-order valence-corrected chi connectivity index (χ0v) is 10.9. The molecule has 5 heteroatoms. The lowest BCUT2D eigenvalue weighted by molar-refractivity contribution is 0.0687. The summed E-state index contributed by atoms with van der Waals surface area (Å²) in [5.41, 5.74) is -0.324. The van der Waals surface area contributed by atoms with Gasteiger partial charge in [0.25, 0.3) is 5.56 Å². The Morgan fingerprint density at radius 3 is 2.72 bits per heavy atom. The summed E-state index contributed by atoms with van der Waals surface area (Å²) in [6, 6.07) is 2.51. The van der Waals surface area contributed by atoms with Gasteiger partial charge in [-0.25, -0.2) is 9.48 Å². The Hall–Kier alpha value is -1.65. The molecule has 1 rings (SSSR count). The number of carboxylic acid groups (broad SMARTS) is 1. The van der Waals surface area contributed by atoms with Crippen molar-refractivity contribution in [3.05, 3.63) is 28.2 Å². The van der Waals surface area contributed by atoms with E-state index in [-0.39, 0.29) is 11.3 Å². The molecule has 0 fully saturated rings. The van der Waals surface area contributed by atoms with Crippen molar-refractivity contribution in [1.29, 1.82) is 0 Å². The van der Waals surface area contributed by atoms with Crippen LogP contribution >= 0.6 is 0 Å². The third-order valence-electron chi connectivity index (χ3n) is 3.06. The lowest BCUT2D eigenvalue weighted by Crippen LogP contribution is -2.27. The van der Waals surface area contributed by atoms with E-state index in [0.717, 1.165) is 25.7 Å². The van der Waals surface area contributed by atoms with Crippen LogP contribution in [0.5, 0.6) is 0 Å². The van der Waals surface area contributed by atoms with Crippen LogP contribution in [0.25, 0.3) is 0 Å². The van der Waals surface area contributed by atoms with Crippen LogP contribution in [-0.4, -0.2) is 20.9 Å². The highest BCUT2D eigenvalue weighted by Crippen LogP contribution is 2.13. The number of aromatic nitrogens is 2. The van der Waals surface area contributed by atoms with Gasteiger partial charge in [0, 0.05) is 12.6 Å². The summed E-state index contributed by atoms with van der Waals surface area (Å²) >= 11 is 0. The molecule has 0 aliphatic carbocycles. The highest BCUT2D eigenvalue weighted by atomic mass is 16.4. The first-order chi connectivity index (χ1) is 8.58. The van der Waals surface area contributed by atoms with E-state index < -0.39 is 5.97 Å². The van der Waals surface area contributed by atoms with Gasteiger partial charge < -0.3 is 5.11 Å². The standard InChI is InChI=1S/C13H20N2O3/c1-3-5-6-10(4-2)9-15-12(16)8-7-11(14-15)13(17)18/h7-8,10H,3-6,9H2,1-2H3,(H,17,18). The first kappa shape index (κ1) is 14.4. The number of hydrogen-bond acceptors (Lipinski definition) is 3. The molecule has 5 nitrogen and oxygen atoms in total. The maximum atomic E-state index is 11.6. The number of aromatic carboxylic acids is 1. The largest absolute Gasteiger partial charge is 0.476 e. The molecule has 1 heterocycles. The van der Waals surface area contributed by atoms with Gasteiger partial charge in [0.15, 0.2) is 5.69 Å². The van der Waals surface area contributed by atoms with Gasteiger partial charge in [-0.05, 0) is 18.4 Å². The van der Waals surface area contributed by atoms with E-state index in [1.54, 1.807) is 0 Å². The summed E-state index contributed by atoms with van der Waals surface area (Å²) < 4.78 is 1.27. The highest BCUT2D eigenvalue weighted by molar-refractivity contribution is 5.84. The molecule has 0 spiro atoms. The number of nitrogens with zero attached hydrogens (tertiary/aromatic N) is 2. The fourth-order valence-electron chi connectivity index (χ4n) is 1.86. The van der Waals surface area contributed by atoms with Crippen LogP contribution in [0.2, 0.25) is 0 Å². The van der Waals surface area contributed by atoms with Crippen molar-refractivity contribution >= 4 is 5.97 Å². The summed E-state index contributed by atoms with van der Waals surface area (Å²) in [6.45, 7) is 4.70. The van der Waals surface area contributed by atoms with Crippen molar-refractivity contribution in [2.45, 2.75) is 46.1 Å². The number of carboxylic acids is 1. The van der Waals surface area contributed by atoms with Crippen LogP contribution in [0.15, 0.2) is 16.9 Å². The molecule has 0 saturated heterocycles. The topological polar surface area (TPSA) is 72.2 Å². The number of hydrogen-bond donors (Lipinski definition) is 1. The molecule has 0 aliphatic heterocycles. The van der Waals surface area contributed by atoms with E-state index in [0.29, 0.717) is 12.5 Å². The summed E-state index contributed by atoms with van der Waals surface area (Å²) in [4.78, 5) is 22.4. The molecule has 100 valence electrons. The molecule has 1 aromatic heterocycles. The molecular weight excluding hydrogens is 232 g/mol. The molecule has 1 aromatic rings. The van der Waals surface area contributed by atoms with Crippen molar-refractivity contribution in [3.63, 3.8) is 0 Å². The zero-order valence-electron chi connectivity index (χ0n) is 10.9. The van der Waals surface area contributed by atoms with E-state index in [2.05, 4.69) is 18.9 Å². The molecule has 0 radical (unpaired) electrons. The van der Waals surface area contributed by atoms with E-state index in [4.69, 9.17) is 5.11 Å². The normalized spacial score (nSPS) is 12.3. The Bertz CT molecular complexity index is 454. The van der Waals surface area contributed by atoms with Crippen LogP contribution in [0.4, 0.5) is 0 Å². The Morgan fingerprint density at radius 2 is 2.17 bits per heavy atom. The van der Waals surface area contributed by atoms with Gasteiger partial charge in [0.05, 0.1) is 0 Å². The van der Waals surface area contributed by atoms with Gasteiger partial charge in [0.1, 0.15) is 0 Å². The van der Waals surface area contributed by atoms with Gasteiger partial charge in [-0.2, -0.15) is 5.10 Å². The first-order valence-electron chi connectivity index (χ1n) is 6.39. The molecule has 18 heavy (non-hydrogen) atoms. The molecule has 1 unspecified atom stereocenters. The first-order valence-corrected chi connectivity index (χ1v) is 6.39. The molecule has 0 aliphatic rings. The Labute approximate surface area is 106 Å². The second kappa shape index (κ2) is 6.93. The number of unbranched alkanes of at least 4 members (excludes halogenated alkanes) is 1. The molecule has 1 N–H and O–H groups in total. The molecule has 0 amide bonds. The van der Waals surface area contributed by atoms with E-state index >= 15 is 0 Å². The molecule has 1 atom stereocenters. The predicted molar refractivity (Wildman–Crippen MR) is 68.8 cm³/mol. The Kier molecular flexibility index (Phi) is 5.55. The third-order valence-corrected chi connectivity index (χ3v) is 3.06. The van der Waals surface area contributed by atoms with E-state index in [9.17, 15) is 9.59 Å². The van der Waals surface area contributed by atoms with Crippen LogP contribution in [0.1, 0.15) is 50.0 Å². The number of rotatable bonds is 7. The third kappa shape index (κ3) is 3.98. The minimum Gasteiger partial charge on any atom is -0.476 e. The predicted octanol–water partition coefficient (Wildman–Crippen LogP) is 2.16. The summed E-state index contributed by atoms with van der Waals surface area (Å²) in [5, 5.41) is 12.7. The average Bonchev–Trinajstić information content (AvgIpc) is 2.36. The fraction of sp³-hybridized carbons (Fsp3) is 0.615. The summed E-state index contributed by atoms with van der Waals surface area (Å²) in [7, 11) is 0. The van der Waals surface area contributed by atoms with Crippen molar-refractivity contribution in [1.82, 2.24) is 9.78 Å². The summed E-state index contributed by atoms with van der Waals surface area (Å²) in [6.07, 6.45) is 4.24. The van der Waals surface area contributed by atoms with Gasteiger partial charge in [-0.1, -0.05) is 33.1 Å². The van der Waals surface area contributed by atoms with E-state index in [1.165, 1.54) is 16.8 Å². The lowest BCUT2D eigenvalue weighted by atomic mass is 9.99. The van der Waals surface area contributed by atoms with Gasteiger partial charge >= 0.3 is 5.97 Å². The maximum absolute atomic E-state index is 11.6. The lowest BCUT2D eigenvalue weighted by Gasteiger charge is -2.15. The molecule has 0 aromatic carbocycles. The number of carbonyl (C=O) groups is 1. The van der Waals surface area contributed by atoms with Crippen LogP contribution in [0.3, 0.4) is 0 Å². The SMILES string of the molecule is CCCCC(CC)Cn1nc(C(=O)O)ccc1=O. The van der Waals surface area contributed by atoms with Crippen molar-refractivity contribution < 1.29 is 9.90 Å². The summed E-state index contributed by atoms with van der Waals surface area (Å²) in [5.74, 6) is -0.732. The van der Waals surface area contributed by atoms with Crippen molar-refractivity contribution in [2.75, 3.05) is 0 Å². The van der Waals surface area contributed by atoms with Crippen molar-refractivity contribution in [2.24, 2.45) is 5.92 Å². The van der Waals surface area contributed by atoms with Crippen LogP contribution in [-0.2, 0) is 6.54 Å². The highest BCUT2D eigenvalue weighted by Gasteiger charge is 2.11. The molecule has 0 saturated carbocycles. The smallest absolute Gasteiger partial charge is 0.356 e. The zero-order chi connectivity index (χ0) is 13.5. The van der Waals surface area contributed by atoms with Gasteiger partial charge in [-0.3, -0.25) is 4.79 Å². The second-order valence-electron chi connectivity index (χ2n) is 4.46.